The first-order valence-electron chi connectivity index (χ1n) is 6.57. The number of ether oxygens (including phenoxy) is 2. The van der Waals surface area contributed by atoms with Gasteiger partial charge in [0.15, 0.2) is 9.84 Å². The zero-order valence-electron chi connectivity index (χ0n) is 12.8. The number of sulfone groups is 1. The molecule has 0 N–H and O–H groups in total. The van der Waals surface area contributed by atoms with Crippen molar-refractivity contribution in [3.05, 3.63) is 58.1 Å². The molecular formula is C15H13NO7S. The molecule has 0 amide bonds. The van der Waals surface area contributed by atoms with Crippen LogP contribution in [-0.2, 0) is 14.6 Å². The van der Waals surface area contributed by atoms with Gasteiger partial charge < -0.3 is 9.47 Å². The molecule has 0 spiro atoms. The lowest BCUT2D eigenvalue weighted by Crippen LogP contribution is -2.01. The van der Waals surface area contributed by atoms with Gasteiger partial charge >= 0.3 is 11.7 Å². The summed E-state index contributed by atoms with van der Waals surface area (Å²) in [6, 6.07) is 9.15. The Morgan fingerprint density at radius 2 is 1.75 bits per heavy atom. The molecule has 0 aliphatic rings. The summed E-state index contributed by atoms with van der Waals surface area (Å²) in [6.45, 7) is 0. The summed E-state index contributed by atoms with van der Waals surface area (Å²) in [6.07, 6.45) is 0.956. The van der Waals surface area contributed by atoms with Crippen LogP contribution in [0.25, 0.3) is 0 Å². The molecule has 0 atom stereocenters. The van der Waals surface area contributed by atoms with Gasteiger partial charge in [-0.3, -0.25) is 10.1 Å². The Morgan fingerprint density at radius 1 is 1.12 bits per heavy atom. The normalized spacial score (nSPS) is 10.9. The van der Waals surface area contributed by atoms with E-state index in [-0.39, 0.29) is 16.4 Å². The molecule has 0 saturated heterocycles. The zero-order valence-corrected chi connectivity index (χ0v) is 13.6. The Hall–Kier alpha value is -2.94. The summed E-state index contributed by atoms with van der Waals surface area (Å²) in [4.78, 5) is 21.6. The number of nitro benzene ring substituents is 1. The number of methoxy groups -OCH3 is 1. The van der Waals surface area contributed by atoms with Crippen molar-refractivity contribution in [1.29, 1.82) is 0 Å². The summed E-state index contributed by atoms with van der Waals surface area (Å²) in [7, 11) is -2.33. The number of hydrogen-bond acceptors (Lipinski definition) is 7. The molecule has 2 rings (SSSR count). The topological polar surface area (TPSA) is 113 Å². The van der Waals surface area contributed by atoms with Gasteiger partial charge in [0.05, 0.1) is 22.5 Å². The zero-order chi connectivity index (χ0) is 17.9. The predicted octanol–water partition coefficient (Wildman–Crippen LogP) is 2.58. The van der Waals surface area contributed by atoms with Crippen LogP contribution in [-0.4, -0.2) is 32.7 Å². The Kier molecular flexibility index (Phi) is 4.84. The molecule has 2 aromatic rings. The largest absolute Gasteiger partial charge is 0.465 e. The lowest BCUT2D eigenvalue weighted by atomic mass is 10.2. The van der Waals surface area contributed by atoms with Crippen molar-refractivity contribution < 1.29 is 27.6 Å². The second kappa shape index (κ2) is 6.67. The van der Waals surface area contributed by atoms with E-state index in [9.17, 15) is 23.3 Å². The van der Waals surface area contributed by atoms with E-state index in [1.807, 2.05) is 0 Å². The summed E-state index contributed by atoms with van der Waals surface area (Å²) in [5.74, 6) is -0.388. The van der Waals surface area contributed by atoms with E-state index in [4.69, 9.17) is 4.74 Å². The molecule has 0 fully saturated rings. The van der Waals surface area contributed by atoms with Gasteiger partial charge in [0.1, 0.15) is 5.75 Å². The van der Waals surface area contributed by atoms with Crippen LogP contribution in [0, 0.1) is 10.1 Å². The number of benzene rings is 2. The maximum absolute atomic E-state index is 11.5. The molecular weight excluding hydrogens is 338 g/mol. The molecule has 24 heavy (non-hydrogen) atoms. The highest BCUT2D eigenvalue weighted by atomic mass is 32.2. The smallest absolute Gasteiger partial charge is 0.337 e. The molecule has 0 aliphatic heterocycles. The molecule has 0 bridgehead atoms. The Labute approximate surface area is 137 Å². The fraction of sp³-hybridized carbons (Fsp3) is 0.133. The lowest BCUT2D eigenvalue weighted by Gasteiger charge is -2.08. The molecule has 0 saturated carbocycles. The lowest BCUT2D eigenvalue weighted by molar-refractivity contribution is -0.385. The Morgan fingerprint density at radius 3 is 2.25 bits per heavy atom. The van der Waals surface area contributed by atoms with Gasteiger partial charge in [-0.25, -0.2) is 13.2 Å². The molecule has 2 aromatic carbocycles. The minimum atomic E-state index is -3.58. The molecule has 9 heteroatoms. The van der Waals surface area contributed by atoms with Crippen LogP contribution in [0.3, 0.4) is 0 Å². The van der Waals surface area contributed by atoms with Crippen molar-refractivity contribution >= 4 is 21.5 Å². The van der Waals surface area contributed by atoms with Crippen molar-refractivity contribution in [2.75, 3.05) is 13.4 Å². The van der Waals surface area contributed by atoms with E-state index >= 15 is 0 Å². The first-order chi connectivity index (χ1) is 11.2. The Bertz CT molecular complexity index is 889. The minimum Gasteiger partial charge on any atom is -0.465 e. The first kappa shape index (κ1) is 17.4. The highest BCUT2D eigenvalue weighted by molar-refractivity contribution is 7.90. The van der Waals surface area contributed by atoms with Gasteiger partial charge in [0.25, 0.3) is 0 Å². The standard InChI is InChI=1S/C15H13NO7S/c1-22-15(17)10-3-5-11(6-4-10)23-14-8-7-12(24(2,20)21)9-13(14)16(18)19/h3-9H,1-2H3. The van der Waals surface area contributed by atoms with Gasteiger partial charge in [-0.05, 0) is 36.4 Å². The number of nitrogens with zero attached hydrogens (tertiary/aromatic N) is 1. The van der Waals surface area contributed by atoms with Crippen molar-refractivity contribution in [3.63, 3.8) is 0 Å². The van der Waals surface area contributed by atoms with Crippen LogP contribution in [0.2, 0.25) is 0 Å². The van der Waals surface area contributed by atoms with Gasteiger partial charge in [0, 0.05) is 12.3 Å². The molecule has 0 unspecified atom stereocenters. The maximum Gasteiger partial charge on any atom is 0.337 e. The highest BCUT2D eigenvalue weighted by Gasteiger charge is 2.20. The molecule has 0 heterocycles. The number of carbonyl (C=O) groups is 1. The van der Waals surface area contributed by atoms with Gasteiger partial charge in [-0.2, -0.15) is 0 Å². The molecule has 0 radical (unpaired) electrons. The van der Waals surface area contributed by atoms with Crippen molar-refractivity contribution in [2.45, 2.75) is 4.90 Å². The molecule has 0 aliphatic carbocycles. The third-order valence-corrected chi connectivity index (χ3v) is 4.17. The van der Waals surface area contributed by atoms with E-state index in [1.54, 1.807) is 0 Å². The minimum absolute atomic E-state index is 0.113. The average Bonchev–Trinajstić information content (AvgIpc) is 2.54. The monoisotopic (exact) mass is 351 g/mol. The number of nitro groups is 1. The third kappa shape index (κ3) is 3.87. The van der Waals surface area contributed by atoms with E-state index < -0.39 is 26.4 Å². The van der Waals surface area contributed by atoms with Crippen LogP contribution in [0.5, 0.6) is 11.5 Å². The van der Waals surface area contributed by atoms with E-state index in [0.717, 1.165) is 12.3 Å². The fourth-order valence-electron chi connectivity index (χ4n) is 1.86. The average molecular weight is 351 g/mol. The summed E-state index contributed by atoms with van der Waals surface area (Å²) in [5.41, 5.74) is -0.179. The number of hydrogen-bond donors (Lipinski definition) is 0. The van der Waals surface area contributed by atoms with Crippen LogP contribution in [0.4, 0.5) is 5.69 Å². The highest BCUT2D eigenvalue weighted by Crippen LogP contribution is 2.33. The molecule has 8 nitrogen and oxygen atoms in total. The summed E-state index contributed by atoms with van der Waals surface area (Å²) < 4.78 is 33.0. The third-order valence-electron chi connectivity index (χ3n) is 3.06. The van der Waals surface area contributed by atoms with E-state index in [2.05, 4.69) is 4.74 Å². The SMILES string of the molecule is COC(=O)c1ccc(Oc2ccc(S(C)(=O)=O)cc2[N+](=O)[O-])cc1. The quantitative estimate of drug-likeness (QED) is 0.462. The number of rotatable bonds is 5. The van der Waals surface area contributed by atoms with Crippen molar-refractivity contribution in [1.82, 2.24) is 0 Å². The maximum atomic E-state index is 11.5. The second-order valence-electron chi connectivity index (χ2n) is 4.78. The van der Waals surface area contributed by atoms with Crippen LogP contribution in [0.15, 0.2) is 47.4 Å². The van der Waals surface area contributed by atoms with Crippen molar-refractivity contribution in [3.8, 4) is 11.5 Å². The van der Waals surface area contributed by atoms with Gasteiger partial charge in [-0.1, -0.05) is 0 Å². The molecule has 126 valence electrons. The predicted molar refractivity (Wildman–Crippen MR) is 84.1 cm³/mol. The first-order valence-corrected chi connectivity index (χ1v) is 8.46. The second-order valence-corrected chi connectivity index (χ2v) is 6.79. The number of esters is 1. The number of carbonyl (C=O) groups excluding carboxylic acids is 1. The summed E-state index contributed by atoms with van der Waals surface area (Å²) >= 11 is 0. The van der Waals surface area contributed by atoms with Crippen molar-refractivity contribution in [2.24, 2.45) is 0 Å². The fourth-order valence-corrected chi connectivity index (χ4v) is 2.50. The van der Waals surface area contributed by atoms with E-state index in [1.165, 1.54) is 43.5 Å². The summed E-state index contributed by atoms with van der Waals surface area (Å²) in [5, 5.41) is 11.1. The van der Waals surface area contributed by atoms with Gasteiger partial charge in [0.2, 0.25) is 5.75 Å². The van der Waals surface area contributed by atoms with Gasteiger partial charge in [-0.15, -0.1) is 0 Å². The van der Waals surface area contributed by atoms with E-state index in [0.29, 0.717) is 5.56 Å². The van der Waals surface area contributed by atoms with Crippen LogP contribution < -0.4 is 4.74 Å². The van der Waals surface area contributed by atoms with Crippen LogP contribution >= 0.6 is 0 Å². The Balaban J connectivity index is 2.35. The molecule has 0 aromatic heterocycles. The van der Waals surface area contributed by atoms with Crippen LogP contribution in [0.1, 0.15) is 10.4 Å².